The van der Waals surface area contributed by atoms with Gasteiger partial charge >= 0.3 is 5.97 Å². The lowest BCUT2D eigenvalue weighted by Gasteiger charge is -2.27. The second kappa shape index (κ2) is 8.36. The van der Waals surface area contributed by atoms with Gasteiger partial charge in [0.15, 0.2) is 0 Å². The standard InChI is InChI=1S/C20H25IN2O2/c1-3-14-7-6-11-23(13-14)12-10-16-15-8-4-5-9-17(15)22-19(16)18(21)20(24)25-2/h4-5,7-9,18,22H,3,6,10-13H2,1-2H3/t18-/m0/s1. The van der Waals surface area contributed by atoms with Crippen molar-refractivity contribution in [2.75, 3.05) is 26.7 Å². The van der Waals surface area contributed by atoms with Crippen molar-refractivity contribution in [1.82, 2.24) is 9.88 Å². The molecular weight excluding hydrogens is 427 g/mol. The summed E-state index contributed by atoms with van der Waals surface area (Å²) >= 11 is 2.17. The van der Waals surface area contributed by atoms with E-state index >= 15 is 0 Å². The summed E-state index contributed by atoms with van der Waals surface area (Å²) in [7, 11) is 1.45. The second-order valence-electron chi connectivity index (χ2n) is 6.48. The Hall–Kier alpha value is -1.34. The maximum Gasteiger partial charge on any atom is 0.324 e. The summed E-state index contributed by atoms with van der Waals surface area (Å²) in [5, 5.41) is 1.21. The van der Waals surface area contributed by atoms with Crippen molar-refractivity contribution in [3.8, 4) is 0 Å². The molecule has 25 heavy (non-hydrogen) atoms. The number of hydrogen-bond acceptors (Lipinski definition) is 3. The van der Waals surface area contributed by atoms with Crippen molar-refractivity contribution in [2.45, 2.75) is 30.1 Å². The number of esters is 1. The Balaban J connectivity index is 1.84. The summed E-state index contributed by atoms with van der Waals surface area (Å²) < 4.78 is 4.65. The van der Waals surface area contributed by atoms with Crippen molar-refractivity contribution >= 4 is 39.5 Å². The number of aromatic amines is 1. The summed E-state index contributed by atoms with van der Waals surface area (Å²) in [5.74, 6) is -0.206. The van der Waals surface area contributed by atoms with E-state index in [2.05, 4.69) is 63.7 Å². The minimum Gasteiger partial charge on any atom is -0.468 e. The van der Waals surface area contributed by atoms with E-state index in [0.29, 0.717) is 0 Å². The van der Waals surface area contributed by atoms with Crippen LogP contribution in [0.15, 0.2) is 35.9 Å². The molecule has 0 saturated carbocycles. The van der Waals surface area contributed by atoms with Gasteiger partial charge in [0.1, 0.15) is 3.92 Å². The maximum atomic E-state index is 12.1. The molecule has 0 bridgehead atoms. The molecule has 2 heterocycles. The zero-order valence-electron chi connectivity index (χ0n) is 14.8. The van der Waals surface area contributed by atoms with Crippen LogP contribution in [0.5, 0.6) is 0 Å². The molecule has 0 unspecified atom stereocenters. The Labute approximate surface area is 162 Å². The van der Waals surface area contributed by atoms with Gasteiger partial charge in [-0.3, -0.25) is 9.69 Å². The van der Waals surface area contributed by atoms with E-state index in [9.17, 15) is 4.79 Å². The monoisotopic (exact) mass is 452 g/mol. The molecular formula is C20H25IN2O2. The number of ether oxygens (including phenoxy) is 1. The van der Waals surface area contributed by atoms with Crippen LogP contribution >= 0.6 is 22.6 Å². The van der Waals surface area contributed by atoms with Gasteiger partial charge < -0.3 is 9.72 Å². The number of hydrogen-bond donors (Lipinski definition) is 1. The molecule has 0 fully saturated rings. The quantitative estimate of drug-likeness (QED) is 0.306. The van der Waals surface area contributed by atoms with Crippen LogP contribution in [0, 0.1) is 0 Å². The highest BCUT2D eigenvalue weighted by atomic mass is 127. The number of benzene rings is 1. The molecule has 1 N–H and O–H groups in total. The topological polar surface area (TPSA) is 45.3 Å². The van der Waals surface area contributed by atoms with Gasteiger partial charge in [-0.15, -0.1) is 0 Å². The average Bonchev–Trinajstić information content (AvgIpc) is 3.03. The number of H-pyrrole nitrogens is 1. The predicted molar refractivity (Wildman–Crippen MR) is 110 cm³/mol. The third kappa shape index (κ3) is 4.08. The van der Waals surface area contributed by atoms with Gasteiger partial charge in [-0.2, -0.15) is 0 Å². The molecule has 1 aliphatic heterocycles. The summed E-state index contributed by atoms with van der Waals surface area (Å²) in [6.45, 7) is 5.42. The predicted octanol–water partition coefficient (Wildman–Crippen LogP) is 4.40. The SMILES string of the molecule is CCC1=CCCN(CCc2c([C@H](I)C(=O)OC)[nH]c3ccccc23)C1. The third-order valence-electron chi connectivity index (χ3n) is 4.95. The Kier molecular flexibility index (Phi) is 6.17. The van der Waals surface area contributed by atoms with Gasteiger partial charge in [-0.1, -0.05) is 59.4 Å². The highest BCUT2D eigenvalue weighted by Gasteiger charge is 2.25. The fourth-order valence-corrected chi connectivity index (χ4v) is 4.31. The minimum absolute atomic E-state index is 0.206. The Morgan fingerprint density at radius 2 is 2.20 bits per heavy atom. The van der Waals surface area contributed by atoms with Gasteiger partial charge in [0, 0.05) is 36.2 Å². The lowest BCUT2D eigenvalue weighted by atomic mass is 10.0. The molecule has 1 aromatic heterocycles. The smallest absolute Gasteiger partial charge is 0.324 e. The van der Waals surface area contributed by atoms with Crippen LogP contribution in [-0.2, 0) is 16.0 Å². The molecule has 1 atom stereocenters. The van der Waals surface area contributed by atoms with E-state index in [-0.39, 0.29) is 9.89 Å². The fraction of sp³-hybridized carbons (Fsp3) is 0.450. The number of halogens is 1. The van der Waals surface area contributed by atoms with Crippen molar-refractivity contribution in [3.05, 3.63) is 47.2 Å². The van der Waals surface area contributed by atoms with E-state index in [0.717, 1.165) is 50.1 Å². The normalized spacial score (nSPS) is 16.7. The molecule has 1 aromatic carbocycles. The molecule has 2 aromatic rings. The number of aromatic nitrogens is 1. The molecule has 3 rings (SSSR count). The lowest BCUT2D eigenvalue weighted by Crippen LogP contribution is -2.32. The van der Waals surface area contributed by atoms with Crippen LogP contribution in [0.25, 0.3) is 10.9 Å². The van der Waals surface area contributed by atoms with Gasteiger partial charge in [-0.05, 0) is 30.9 Å². The van der Waals surface area contributed by atoms with Crippen LogP contribution in [0.4, 0.5) is 0 Å². The first-order chi connectivity index (χ1) is 12.1. The van der Waals surface area contributed by atoms with Crippen molar-refractivity contribution in [3.63, 3.8) is 0 Å². The Morgan fingerprint density at radius 1 is 1.40 bits per heavy atom. The van der Waals surface area contributed by atoms with Gasteiger partial charge in [0.2, 0.25) is 0 Å². The summed E-state index contributed by atoms with van der Waals surface area (Å²) in [6.07, 6.45) is 5.59. The third-order valence-corrected chi connectivity index (χ3v) is 6.08. The van der Waals surface area contributed by atoms with Crippen LogP contribution in [0.3, 0.4) is 0 Å². The van der Waals surface area contributed by atoms with Crippen LogP contribution in [-0.4, -0.2) is 42.6 Å². The van der Waals surface area contributed by atoms with Crippen LogP contribution in [0.1, 0.15) is 34.9 Å². The van der Waals surface area contributed by atoms with Gasteiger partial charge in [0.05, 0.1) is 7.11 Å². The van der Waals surface area contributed by atoms with E-state index in [4.69, 9.17) is 4.74 Å². The molecule has 0 amide bonds. The number of fused-ring (bicyclic) bond motifs is 1. The largest absolute Gasteiger partial charge is 0.468 e. The van der Waals surface area contributed by atoms with Crippen molar-refractivity contribution in [2.24, 2.45) is 0 Å². The molecule has 0 spiro atoms. The number of methoxy groups -OCH3 is 1. The number of alkyl halides is 1. The Morgan fingerprint density at radius 3 is 2.96 bits per heavy atom. The zero-order valence-corrected chi connectivity index (χ0v) is 17.0. The maximum absolute atomic E-state index is 12.1. The first-order valence-electron chi connectivity index (χ1n) is 8.85. The van der Waals surface area contributed by atoms with Crippen LogP contribution in [0.2, 0.25) is 0 Å². The molecule has 0 aliphatic carbocycles. The van der Waals surface area contributed by atoms with E-state index in [1.54, 1.807) is 0 Å². The lowest BCUT2D eigenvalue weighted by molar-refractivity contribution is -0.139. The molecule has 134 valence electrons. The summed E-state index contributed by atoms with van der Waals surface area (Å²) in [5.41, 5.74) is 4.85. The van der Waals surface area contributed by atoms with Gasteiger partial charge in [0.25, 0.3) is 0 Å². The van der Waals surface area contributed by atoms with Gasteiger partial charge in [-0.25, -0.2) is 0 Å². The van der Waals surface area contributed by atoms with Crippen molar-refractivity contribution < 1.29 is 9.53 Å². The van der Waals surface area contributed by atoms with E-state index in [1.165, 1.54) is 23.6 Å². The molecule has 0 radical (unpaired) electrons. The van der Waals surface area contributed by atoms with Crippen LogP contribution < -0.4 is 0 Å². The number of carbonyl (C=O) groups is 1. The zero-order chi connectivity index (χ0) is 17.8. The van der Waals surface area contributed by atoms with Crippen molar-refractivity contribution in [1.29, 1.82) is 0 Å². The summed E-state index contributed by atoms with van der Waals surface area (Å²) in [4.78, 5) is 18.0. The van der Waals surface area contributed by atoms with E-state index < -0.39 is 0 Å². The number of nitrogens with one attached hydrogen (secondary N) is 1. The molecule has 1 aliphatic rings. The second-order valence-corrected chi connectivity index (χ2v) is 7.72. The molecule has 5 heteroatoms. The number of nitrogens with zero attached hydrogens (tertiary/aromatic N) is 1. The Bertz CT molecular complexity index is 781. The molecule has 0 saturated heterocycles. The highest BCUT2D eigenvalue weighted by Crippen LogP contribution is 2.33. The number of rotatable bonds is 6. The summed E-state index contributed by atoms with van der Waals surface area (Å²) in [6, 6.07) is 8.29. The minimum atomic E-state index is -0.308. The first kappa shape index (κ1) is 18.5. The first-order valence-corrected chi connectivity index (χ1v) is 10.1. The average molecular weight is 452 g/mol. The number of para-hydroxylation sites is 1. The van der Waals surface area contributed by atoms with E-state index in [1.807, 2.05) is 6.07 Å². The molecule has 4 nitrogen and oxygen atoms in total. The highest BCUT2D eigenvalue weighted by molar-refractivity contribution is 14.1. The number of carbonyl (C=O) groups excluding carboxylic acids is 1. The fourth-order valence-electron chi connectivity index (χ4n) is 3.53.